The summed E-state index contributed by atoms with van der Waals surface area (Å²) in [6.45, 7) is 6.54. The Morgan fingerprint density at radius 3 is 0.768 bits per heavy atom. The summed E-state index contributed by atoms with van der Waals surface area (Å²) in [5.41, 5.74) is 0. The highest BCUT2D eigenvalue weighted by atomic mass is 16.6. The monoisotopic (exact) mass is 1140 g/mol. The summed E-state index contributed by atoms with van der Waals surface area (Å²) in [6, 6.07) is 0. The van der Waals surface area contributed by atoms with Crippen LogP contribution in [0.1, 0.15) is 348 Å². The molecule has 0 spiro atoms. The Bertz CT molecular complexity index is 1590. The molecule has 6 heteroatoms. The maximum atomic E-state index is 13.0. The summed E-state index contributed by atoms with van der Waals surface area (Å²) >= 11 is 0. The summed E-state index contributed by atoms with van der Waals surface area (Å²) in [4.78, 5) is 38.5. The molecule has 0 radical (unpaired) electrons. The first-order valence-corrected chi connectivity index (χ1v) is 35.2. The van der Waals surface area contributed by atoms with Crippen molar-refractivity contribution >= 4 is 17.9 Å². The highest BCUT2D eigenvalue weighted by molar-refractivity contribution is 5.71. The lowest BCUT2D eigenvalue weighted by Crippen LogP contribution is -2.30. The largest absolute Gasteiger partial charge is 0.462 e. The molecule has 1 unspecified atom stereocenters. The van der Waals surface area contributed by atoms with Gasteiger partial charge in [-0.05, 0) is 103 Å². The quantitative estimate of drug-likeness (QED) is 0.0261. The van der Waals surface area contributed by atoms with E-state index in [1.165, 1.54) is 199 Å². The second kappa shape index (κ2) is 69.8. The molecule has 82 heavy (non-hydrogen) atoms. The Hall–Kier alpha value is -3.67. The number of carbonyl (C=O) groups is 3. The number of ether oxygens (including phenoxy) is 3. The number of rotatable bonds is 64. The van der Waals surface area contributed by atoms with Crippen molar-refractivity contribution in [2.24, 2.45) is 0 Å². The standard InChI is InChI=1S/C76H132O6/c1-4-7-10-13-16-19-22-25-28-31-33-35-37-38-39-41-42-45-48-51-54-57-60-63-66-69-75(78)81-72-73(71-80-74(77)68-65-62-59-56-53-50-47-44-30-27-24-21-18-15-12-9-6-3)82-76(79)70-67-64-61-58-55-52-49-46-43-40-36-34-32-29-26-23-20-17-14-11-8-5-2/h7,10,16,19,25,27-28,30,33,35,38-39,42,45,51,54,73H,4-6,8-9,11-15,17-18,20-24,26,29,31-32,34,36-37,40-41,43-44,46-50,52-53,55-72H2,1-3H3/b10-7-,19-16-,28-25-,30-27-,35-33-,39-38-,45-42-,54-51-. The normalized spacial score (nSPS) is 12.7. The highest BCUT2D eigenvalue weighted by Gasteiger charge is 2.19. The molecule has 1 atom stereocenters. The minimum atomic E-state index is -0.795. The Labute approximate surface area is 508 Å². The number of esters is 3. The van der Waals surface area contributed by atoms with Gasteiger partial charge in [0, 0.05) is 19.3 Å². The van der Waals surface area contributed by atoms with E-state index in [2.05, 4.69) is 118 Å². The smallest absolute Gasteiger partial charge is 0.306 e. The average Bonchev–Trinajstić information content (AvgIpc) is 3.47. The molecule has 0 aliphatic carbocycles. The summed E-state index contributed by atoms with van der Waals surface area (Å²) in [5, 5.41) is 0. The van der Waals surface area contributed by atoms with Crippen molar-refractivity contribution in [1.82, 2.24) is 0 Å². The van der Waals surface area contributed by atoms with Crippen LogP contribution >= 0.6 is 0 Å². The van der Waals surface area contributed by atoms with E-state index in [-0.39, 0.29) is 31.1 Å². The molecule has 6 nitrogen and oxygen atoms in total. The molecule has 0 aliphatic heterocycles. The average molecular weight is 1140 g/mol. The lowest BCUT2D eigenvalue weighted by atomic mass is 10.0. The van der Waals surface area contributed by atoms with Crippen LogP contribution < -0.4 is 0 Å². The van der Waals surface area contributed by atoms with Crippen molar-refractivity contribution < 1.29 is 28.6 Å². The molecule has 0 amide bonds. The molecule has 0 aromatic heterocycles. The van der Waals surface area contributed by atoms with Gasteiger partial charge in [0.2, 0.25) is 0 Å². The summed E-state index contributed by atoms with van der Waals surface area (Å²) in [6.07, 6.45) is 94.3. The molecular weight excluding hydrogens is 1010 g/mol. The topological polar surface area (TPSA) is 78.9 Å². The second-order valence-electron chi connectivity index (χ2n) is 23.4. The highest BCUT2D eigenvalue weighted by Crippen LogP contribution is 2.17. The van der Waals surface area contributed by atoms with Crippen molar-refractivity contribution in [1.29, 1.82) is 0 Å². The zero-order valence-corrected chi connectivity index (χ0v) is 54.2. The van der Waals surface area contributed by atoms with Crippen molar-refractivity contribution in [3.63, 3.8) is 0 Å². The van der Waals surface area contributed by atoms with Gasteiger partial charge < -0.3 is 14.2 Å². The lowest BCUT2D eigenvalue weighted by Gasteiger charge is -2.18. The third kappa shape index (κ3) is 67.1. The van der Waals surface area contributed by atoms with Crippen LogP contribution in [0.15, 0.2) is 97.2 Å². The van der Waals surface area contributed by atoms with Crippen molar-refractivity contribution in [2.75, 3.05) is 13.2 Å². The Morgan fingerprint density at radius 1 is 0.256 bits per heavy atom. The fraction of sp³-hybridized carbons (Fsp3) is 0.750. The maximum absolute atomic E-state index is 13.0. The first kappa shape index (κ1) is 78.3. The summed E-state index contributed by atoms with van der Waals surface area (Å²) in [7, 11) is 0. The first-order chi connectivity index (χ1) is 40.5. The molecule has 0 heterocycles. The minimum absolute atomic E-state index is 0.0878. The third-order valence-corrected chi connectivity index (χ3v) is 15.3. The van der Waals surface area contributed by atoms with E-state index in [0.717, 1.165) is 109 Å². The number of allylic oxidation sites excluding steroid dienone is 16. The molecule has 0 bridgehead atoms. The van der Waals surface area contributed by atoms with Crippen LogP contribution in [0.2, 0.25) is 0 Å². The lowest BCUT2D eigenvalue weighted by molar-refractivity contribution is -0.167. The predicted octanol–water partition coefficient (Wildman–Crippen LogP) is 24.4. The predicted molar refractivity (Wildman–Crippen MR) is 357 cm³/mol. The fourth-order valence-corrected chi connectivity index (χ4v) is 10.1. The van der Waals surface area contributed by atoms with Crippen LogP contribution in [0, 0.1) is 0 Å². The SMILES string of the molecule is CC/C=C\C/C=C\C/C=C\C/C=C\C/C=C\C/C=C\C/C=C\CCCCCC(=O)OCC(COC(=O)CCCCCCCCC/C=C\CCCCCCCC)OC(=O)CCCCCCCCCCCCCCCCCCCCCCCC. The van der Waals surface area contributed by atoms with Gasteiger partial charge in [-0.15, -0.1) is 0 Å². The van der Waals surface area contributed by atoms with Gasteiger partial charge in [0.15, 0.2) is 6.10 Å². The zero-order chi connectivity index (χ0) is 59.2. The van der Waals surface area contributed by atoms with Crippen LogP contribution in [0.25, 0.3) is 0 Å². The van der Waals surface area contributed by atoms with E-state index in [4.69, 9.17) is 14.2 Å². The Balaban J connectivity index is 4.42. The fourth-order valence-electron chi connectivity index (χ4n) is 10.1. The van der Waals surface area contributed by atoms with E-state index < -0.39 is 6.10 Å². The molecule has 0 aromatic carbocycles. The second-order valence-corrected chi connectivity index (χ2v) is 23.4. The van der Waals surface area contributed by atoms with E-state index in [1.54, 1.807) is 0 Å². The van der Waals surface area contributed by atoms with Gasteiger partial charge in [-0.3, -0.25) is 14.4 Å². The molecule has 0 aliphatic rings. The van der Waals surface area contributed by atoms with Crippen LogP contribution in [-0.4, -0.2) is 37.2 Å². The molecule has 0 saturated heterocycles. The molecular formula is C76H132O6. The molecule has 472 valence electrons. The van der Waals surface area contributed by atoms with Gasteiger partial charge in [0.05, 0.1) is 0 Å². The molecule has 0 N–H and O–H groups in total. The third-order valence-electron chi connectivity index (χ3n) is 15.3. The van der Waals surface area contributed by atoms with Crippen molar-refractivity contribution in [3.8, 4) is 0 Å². The Morgan fingerprint density at radius 2 is 0.476 bits per heavy atom. The van der Waals surface area contributed by atoms with E-state index in [1.807, 2.05) is 0 Å². The summed E-state index contributed by atoms with van der Waals surface area (Å²) < 4.78 is 17.0. The number of unbranched alkanes of at least 4 members (excludes halogenated alkanes) is 37. The number of hydrogen-bond acceptors (Lipinski definition) is 6. The van der Waals surface area contributed by atoms with Gasteiger partial charge in [-0.1, -0.05) is 323 Å². The first-order valence-electron chi connectivity index (χ1n) is 35.2. The number of hydrogen-bond donors (Lipinski definition) is 0. The van der Waals surface area contributed by atoms with Crippen LogP contribution in [0.3, 0.4) is 0 Å². The van der Waals surface area contributed by atoms with Gasteiger partial charge in [-0.25, -0.2) is 0 Å². The van der Waals surface area contributed by atoms with Crippen LogP contribution in [0.5, 0.6) is 0 Å². The zero-order valence-electron chi connectivity index (χ0n) is 54.2. The molecule has 0 rings (SSSR count). The molecule has 0 fully saturated rings. The van der Waals surface area contributed by atoms with E-state index >= 15 is 0 Å². The minimum Gasteiger partial charge on any atom is -0.462 e. The van der Waals surface area contributed by atoms with Gasteiger partial charge in [0.1, 0.15) is 13.2 Å². The van der Waals surface area contributed by atoms with Crippen molar-refractivity contribution in [2.45, 2.75) is 354 Å². The van der Waals surface area contributed by atoms with Crippen LogP contribution in [0.4, 0.5) is 0 Å². The van der Waals surface area contributed by atoms with E-state index in [9.17, 15) is 14.4 Å². The van der Waals surface area contributed by atoms with Gasteiger partial charge in [0.25, 0.3) is 0 Å². The molecule has 0 saturated carbocycles. The van der Waals surface area contributed by atoms with E-state index in [0.29, 0.717) is 19.3 Å². The Kier molecular flexibility index (Phi) is 66.7. The van der Waals surface area contributed by atoms with Gasteiger partial charge in [-0.2, -0.15) is 0 Å². The summed E-state index contributed by atoms with van der Waals surface area (Å²) in [5.74, 6) is -0.908. The van der Waals surface area contributed by atoms with Gasteiger partial charge >= 0.3 is 17.9 Å². The maximum Gasteiger partial charge on any atom is 0.306 e. The number of carbonyl (C=O) groups excluding carboxylic acids is 3. The molecule has 0 aromatic rings. The van der Waals surface area contributed by atoms with Crippen molar-refractivity contribution in [3.05, 3.63) is 97.2 Å². The van der Waals surface area contributed by atoms with Crippen LogP contribution in [-0.2, 0) is 28.6 Å².